The Bertz CT molecular complexity index is 768. The standard InChI is InChI=1S/C17H21N3O3S/c1-14-2-5-16(6-3-14)24(21,22)19-13-15-4-7-17(18-12-15)20-8-10-23-11-9-20/h2-7,12,19H,8-11,13H2,1H3. The fourth-order valence-corrected chi connectivity index (χ4v) is 3.50. The predicted molar refractivity (Wildman–Crippen MR) is 92.5 cm³/mol. The Morgan fingerprint density at radius 3 is 2.46 bits per heavy atom. The number of rotatable bonds is 5. The zero-order valence-electron chi connectivity index (χ0n) is 13.6. The largest absolute Gasteiger partial charge is 0.378 e. The molecule has 1 N–H and O–H groups in total. The van der Waals surface area contributed by atoms with Crippen LogP contribution in [0, 0.1) is 6.92 Å². The first kappa shape index (κ1) is 16.9. The van der Waals surface area contributed by atoms with Gasteiger partial charge in [-0.25, -0.2) is 18.1 Å². The molecular weight excluding hydrogens is 326 g/mol. The molecule has 0 unspecified atom stereocenters. The topological polar surface area (TPSA) is 71.5 Å². The summed E-state index contributed by atoms with van der Waals surface area (Å²) in [5.41, 5.74) is 1.85. The molecule has 0 spiro atoms. The van der Waals surface area contributed by atoms with Gasteiger partial charge in [0.1, 0.15) is 5.82 Å². The van der Waals surface area contributed by atoms with Gasteiger partial charge < -0.3 is 9.64 Å². The Balaban J connectivity index is 1.62. The molecule has 2 aromatic rings. The molecule has 1 saturated heterocycles. The lowest BCUT2D eigenvalue weighted by molar-refractivity contribution is 0.122. The Kier molecular flexibility index (Phi) is 5.13. The molecule has 1 fully saturated rings. The summed E-state index contributed by atoms with van der Waals surface area (Å²) < 4.78 is 32.5. The van der Waals surface area contributed by atoms with Crippen molar-refractivity contribution in [2.45, 2.75) is 18.4 Å². The Morgan fingerprint density at radius 1 is 1.12 bits per heavy atom. The third-order valence-corrected chi connectivity index (χ3v) is 5.36. The van der Waals surface area contributed by atoms with Gasteiger partial charge in [-0.05, 0) is 30.7 Å². The highest BCUT2D eigenvalue weighted by molar-refractivity contribution is 7.89. The summed E-state index contributed by atoms with van der Waals surface area (Å²) >= 11 is 0. The van der Waals surface area contributed by atoms with Crippen molar-refractivity contribution in [1.82, 2.24) is 9.71 Å². The van der Waals surface area contributed by atoms with Crippen LogP contribution in [-0.4, -0.2) is 39.7 Å². The molecule has 6 nitrogen and oxygen atoms in total. The van der Waals surface area contributed by atoms with E-state index in [0.717, 1.165) is 30.0 Å². The van der Waals surface area contributed by atoms with E-state index in [1.54, 1.807) is 30.5 Å². The Morgan fingerprint density at radius 2 is 1.83 bits per heavy atom. The van der Waals surface area contributed by atoms with Crippen molar-refractivity contribution in [1.29, 1.82) is 0 Å². The Labute approximate surface area is 142 Å². The highest BCUT2D eigenvalue weighted by Gasteiger charge is 2.14. The summed E-state index contributed by atoms with van der Waals surface area (Å²) in [6.07, 6.45) is 1.71. The van der Waals surface area contributed by atoms with Crippen LogP contribution in [0.15, 0.2) is 47.5 Å². The number of aromatic nitrogens is 1. The van der Waals surface area contributed by atoms with Gasteiger partial charge in [0.05, 0.1) is 18.1 Å². The summed E-state index contributed by atoms with van der Waals surface area (Å²) in [4.78, 5) is 6.85. The third kappa shape index (κ3) is 4.11. The van der Waals surface area contributed by atoms with Crippen LogP contribution in [-0.2, 0) is 21.3 Å². The van der Waals surface area contributed by atoms with Crippen LogP contribution in [0.5, 0.6) is 0 Å². The SMILES string of the molecule is Cc1ccc(S(=O)(=O)NCc2ccc(N3CCOCC3)nc2)cc1. The van der Waals surface area contributed by atoms with Crippen molar-refractivity contribution < 1.29 is 13.2 Å². The van der Waals surface area contributed by atoms with E-state index in [9.17, 15) is 8.42 Å². The third-order valence-electron chi connectivity index (χ3n) is 3.94. The summed E-state index contributed by atoms with van der Waals surface area (Å²) in [5, 5.41) is 0. The summed E-state index contributed by atoms with van der Waals surface area (Å²) in [5.74, 6) is 0.892. The van der Waals surface area contributed by atoms with Crippen molar-refractivity contribution in [3.05, 3.63) is 53.7 Å². The zero-order valence-corrected chi connectivity index (χ0v) is 14.4. The van der Waals surface area contributed by atoms with Gasteiger partial charge in [-0.2, -0.15) is 0 Å². The number of hydrogen-bond acceptors (Lipinski definition) is 5. The zero-order chi connectivity index (χ0) is 17.0. The minimum absolute atomic E-state index is 0.215. The lowest BCUT2D eigenvalue weighted by atomic mass is 10.2. The number of nitrogens with one attached hydrogen (secondary N) is 1. The molecule has 0 saturated carbocycles. The quantitative estimate of drug-likeness (QED) is 0.891. The molecule has 1 aliphatic heterocycles. The van der Waals surface area contributed by atoms with E-state index in [1.165, 1.54) is 0 Å². The van der Waals surface area contributed by atoms with Crippen LogP contribution in [0.25, 0.3) is 0 Å². The van der Waals surface area contributed by atoms with Gasteiger partial charge in [0, 0.05) is 25.8 Å². The van der Waals surface area contributed by atoms with Crippen molar-refractivity contribution in [3.8, 4) is 0 Å². The maximum Gasteiger partial charge on any atom is 0.240 e. The minimum atomic E-state index is -3.51. The highest BCUT2D eigenvalue weighted by atomic mass is 32.2. The normalized spacial score (nSPS) is 15.5. The molecule has 0 amide bonds. The smallest absolute Gasteiger partial charge is 0.240 e. The lowest BCUT2D eigenvalue weighted by Crippen LogP contribution is -2.36. The molecule has 7 heteroatoms. The number of nitrogens with zero attached hydrogens (tertiary/aromatic N) is 2. The average Bonchev–Trinajstić information content (AvgIpc) is 2.62. The summed E-state index contributed by atoms with van der Waals surface area (Å²) in [7, 11) is -3.51. The molecule has 0 bridgehead atoms. The maximum atomic E-state index is 12.3. The monoisotopic (exact) mass is 347 g/mol. The van der Waals surface area contributed by atoms with E-state index >= 15 is 0 Å². The molecule has 0 aliphatic carbocycles. The predicted octanol–water partition coefficient (Wildman–Crippen LogP) is 1.71. The van der Waals surface area contributed by atoms with E-state index in [4.69, 9.17) is 4.74 Å². The number of aryl methyl sites for hydroxylation is 1. The highest BCUT2D eigenvalue weighted by Crippen LogP contribution is 2.14. The fourth-order valence-electron chi connectivity index (χ4n) is 2.48. The van der Waals surface area contributed by atoms with E-state index in [-0.39, 0.29) is 11.4 Å². The number of benzene rings is 1. The van der Waals surface area contributed by atoms with Crippen molar-refractivity contribution >= 4 is 15.8 Å². The molecular formula is C17H21N3O3S. The number of sulfonamides is 1. The number of hydrogen-bond donors (Lipinski definition) is 1. The molecule has 0 atom stereocenters. The van der Waals surface area contributed by atoms with Gasteiger partial charge in [-0.1, -0.05) is 23.8 Å². The number of ether oxygens (including phenoxy) is 1. The van der Waals surface area contributed by atoms with Gasteiger partial charge >= 0.3 is 0 Å². The lowest BCUT2D eigenvalue weighted by Gasteiger charge is -2.27. The number of morpholine rings is 1. The van der Waals surface area contributed by atoms with E-state index < -0.39 is 10.0 Å². The number of anilines is 1. The number of pyridine rings is 1. The first-order valence-electron chi connectivity index (χ1n) is 7.88. The second-order valence-corrected chi connectivity index (χ2v) is 7.53. The average molecular weight is 347 g/mol. The van der Waals surface area contributed by atoms with Crippen LogP contribution in [0.3, 0.4) is 0 Å². The fraction of sp³-hybridized carbons (Fsp3) is 0.353. The van der Waals surface area contributed by atoms with Gasteiger partial charge in [0.15, 0.2) is 0 Å². The second kappa shape index (κ2) is 7.29. The Hall–Kier alpha value is -1.96. The minimum Gasteiger partial charge on any atom is -0.378 e. The van der Waals surface area contributed by atoms with Gasteiger partial charge in [-0.3, -0.25) is 0 Å². The molecule has 0 radical (unpaired) electrons. The molecule has 3 rings (SSSR count). The molecule has 1 aliphatic rings. The van der Waals surface area contributed by atoms with E-state index in [1.807, 2.05) is 19.1 Å². The van der Waals surface area contributed by atoms with Gasteiger partial charge in [-0.15, -0.1) is 0 Å². The van der Waals surface area contributed by atoms with Crippen molar-refractivity contribution in [2.75, 3.05) is 31.2 Å². The molecule has 24 heavy (non-hydrogen) atoms. The molecule has 1 aromatic carbocycles. The van der Waals surface area contributed by atoms with Crippen LogP contribution in [0.4, 0.5) is 5.82 Å². The van der Waals surface area contributed by atoms with E-state index in [0.29, 0.717) is 13.2 Å². The molecule has 128 valence electrons. The summed E-state index contributed by atoms with van der Waals surface area (Å²) in [6, 6.07) is 10.6. The van der Waals surface area contributed by atoms with Crippen LogP contribution in [0.1, 0.15) is 11.1 Å². The van der Waals surface area contributed by atoms with Crippen molar-refractivity contribution in [3.63, 3.8) is 0 Å². The first-order chi connectivity index (χ1) is 11.5. The van der Waals surface area contributed by atoms with E-state index in [2.05, 4.69) is 14.6 Å². The van der Waals surface area contributed by atoms with Crippen LogP contribution < -0.4 is 9.62 Å². The van der Waals surface area contributed by atoms with Crippen LogP contribution >= 0.6 is 0 Å². The molecule has 1 aromatic heterocycles. The summed E-state index contributed by atoms with van der Waals surface area (Å²) in [6.45, 7) is 5.20. The second-order valence-electron chi connectivity index (χ2n) is 5.76. The van der Waals surface area contributed by atoms with Crippen LogP contribution in [0.2, 0.25) is 0 Å². The van der Waals surface area contributed by atoms with Gasteiger partial charge in [0.25, 0.3) is 0 Å². The molecule has 2 heterocycles. The maximum absolute atomic E-state index is 12.3. The van der Waals surface area contributed by atoms with Gasteiger partial charge in [0.2, 0.25) is 10.0 Å². The van der Waals surface area contributed by atoms with Crippen molar-refractivity contribution in [2.24, 2.45) is 0 Å². The first-order valence-corrected chi connectivity index (χ1v) is 9.37.